The number of nitrogens with zero attached hydrogens (tertiary/aromatic N) is 4. The number of carbonyl (C=O) groups excluding carboxylic acids is 2. The summed E-state index contributed by atoms with van der Waals surface area (Å²) in [7, 11) is 0. The summed E-state index contributed by atoms with van der Waals surface area (Å²) in [6, 6.07) is 11.2. The minimum atomic E-state index is -0.459. The van der Waals surface area contributed by atoms with Crippen LogP contribution in [0.15, 0.2) is 36.4 Å². The average molecular weight is 425 g/mol. The maximum absolute atomic E-state index is 12.1. The van der Waals surface area contributed by atoms with E-state index in [2.05, 4.69) is 39.3 Å². The molecule has 166 valence electrons. The molecule has 8 nitrogen and oxygen atoms in total. The zero-order valence-corrected chi connectivity index (χ0v) is 18.6. The fraction of sp³-hybridized carbons (Fsp3) is 0.478. The van der Waals surface area contributed by atoms with Crippen LogP contribution in [0.2, 0.25) is 0 Å². The predicted molar refractivity (Wildman–Crippen MR) is 121 cm³/mol. The van der Waals surface area contributed by atoms with Crippen molar-refractivity contribution >= 4 is 17.8 Å². The van der Waals surface area contributed by atoms with Crippen molar-refractivity contribution in [3.8, 4) is 0 Å². The van der Waals surface area contributed by atoms with Gasteiger partial charge in [-0.25, -0.2) is 14.8 Å². The lowest BCUT2D eigenvalue weighted by molar-refractivity contribution is -0.120. The maximum atomic E-state index is 12.1. The van der Waals surface area contributed by atoms with Crippen molar-refractivity contribution < 1.29 is 9.59 Å². The van der Waals surface area contributed by atoms with Gasteiger partial charge in [-0.15, -0.1) is 0 Å². The van der Waals surface area contributed by atoms with Gasteiger partial charge in [-0.05, 0) is 12.5 Å². The monoisotopic (exact) mass is 424 g/mol. The molecule has 1 aliphatic rings. The Kier molecular flexibility index (Phi) is 7.94. The predicted octanol–water partition coefficient (Wildman–Crippen LogP) is 2.45. The zero-order chi connectivity index (χ0) is 22.2. The summed E-state index contributed by atoms with van der Waals surface area (Å²) >= 11 is 0. The van der Waals surface area contributed by atoms with Crippen LogP contribution in [0.4, 0.5) is 10.6 Å². The molecule has 8 heteroatoms. The van der Waals surface area contributed by atoms with Crippen LogP contribution in [0.25, 0.3) is 0 Å². The summed E-state index contributed by atoms with van der Waals surface area (Å²) < 4.78 is 0. The molecule has 1 saturated heterocycles. The summed E-state index contributed by atoms with van der Waals surface area (Å²) in [5, 5.41) is 5.11. The molecule has 0 atom stereocenters. The second-order valence-electron chi connectivity index (χ2n) is 8.18. The Morgan fingerprint density at radius 1 is 1.06 bits per heavy atom. The number of urea groups is 1. The Hall–Kier alpha value is -3.00. The van der Waals surface area contributed by atoms with Crippen LogP contribution in [0.3, 0.4) is 0 Å². The molecule has 1 aromatic heterocycles. The number of rotatable bonds is 7. The van der Waals surface area contributed by atoms with Gasteiger partial charge in [0.1, 0.15) is 11.6 Å². The maximum Gasteiger partial charge on any atom is 0.321 e. The first-order valence-corrected chi connectivity index (χ1v) is 10.8. The third-order valence-corrected chi connectivity index (χ3v) is 5.27. The first-order chi connectivity index (χ1) is 14.9. The lowest BCUT2D eigenvalue weighted by Crippen LogP contribution is -2.48. The Balaban J connectivity index is 1.38. The molecular weight excluding hydrogens is 392 g/mol. The lowest BCUT2D eigenvalue weighted by atomic mass is 10.2. The van der Waals surface area contributed by atoms with Crippen LogP contribution in [-0.4, -0.2) is 59.5 Å². The fourth-order valence-electron chi connectivity index (χ4n) is 3.47. The van der Waals surface area contributed by atoms with E-state index in [1.807, 2.05) is 43.3 Å². The van der Waals surface area contributed by atoms with Crippen molar-refractivity contribution in [3.63, 3.8) is 0 Å². The number of aryl methyl sites for hydroxylation is 1. The molecule has 0 unspecified atom stereocenters. The number of nitrogens with one attached hydrogen (secondary N) is 2. The Bertz CT molecular complexity index is 879. The van der Waals surface area contributed by atoms with Gasteiger partial charge in [-0.3, -0.25) is 15.0 Å². The molecular formula is C23H32N6O2. The number of piperazine rings is 1. The van der Waals surface area contributed by atoms with Gasteiger partial charge in [0.25, 0.3) is 0 Å². The molecule has 1 aliphatic heterocycles. The van der Waals surface area contributed by atoms with Crippen molar-refractivity contribution in [2.24, 2.45) is 0 Å². The van der Waals surface area contributed by atoms with Crippen LogP contribution in [0, 0.1) is 6.92 Å². The number of carbonyl (C=O) groups is 2. The molecule has 1 aromatic carbocycles. The minimum Gasteiger partial charge on any atom is -0.354 e. The van der Waals surface area contributed by atoms with Crippen LogP contribution < -0.4 is 15.5 Å². The van der Waals surface area contributed by atoms with Gasteiger partial charge in [0, 0.05) is 63.4 Å². The number of aromatic nitrogens is 2. The smallest absolute Gasteiger partial charge is 0.321 e. The highest BCUT2D eigenvalue weighted by molar-refractivity contribution is 5.94. The van der Waals surface area contributed by atoms with Gasteiger partial charge in [0.2, 0.25) is 5.91 Å². The Morgan fingerprint density at radius 3 is 2.45 bits per heavy atom. The second kappa shape index (κ2) is 10.9. The van der Waals surface area contributed by atoms with Crippen molar-refractivity contribution in [1.29, 1.82) is 0 Å². The van der Waals surface area contributed by atoms with Gasteiger partial charge in [0.15, 0.2) is 0 Å². The van der Waals surface area contributed by atoms with E-state index in [0.29, 0.717) is 25.4 Å². The molecule has 1 fully saturated rings. The third-order valence-electron chi connectivity index (χ3n) is 5.27. The van der Waals surface area contributed by atoms with E-state index in [0.717, 1.165) is 49.1 Å². The van der Waals surface area contributed by atoms with Crippen LogP contribution >= 0.6 is 0 Å². The summed E-state index contributed by atoms with van der Waals surface area (Å²) in [6.45, 7) is 10.6. The highest BCUT2D eigenvalue weighted by atomic mass is 16.2. The molecule has 2 aromatic rings. The van der Waals surface area contributed by atoms with Gasteiger partial charge < -0.3 is 10.2 Å². The number of amides is 3. The number of benzene rings is 1. The first-order valence-electron chi connectivity index (χ1n) is 10.8. The summed E-state index contributed by atoms with van der Waals surface area (Å²) in [5.41, 5.74) is 1.97. The fourth-order valence-corrected chi connectivity index (χ4v) is 3.47. The normalized spacial score (nSPS) is 14.5. The number of imide groups is 1. The zero-order valence-electron chi connectivity index (χ0n) is 18.6. The molecule has 2 heterocycles. The van der Waals surface area contributed by atoms with Crippen LogP contribution in [0.1, 0.15) is 43.3 Å². The van der Waals surface area contributed by atoms with Gasteiger partial charge in [0.05, 0.1) is 0 Å². The molecule has 0 radical (unpaired) electrons. The second-order valence-corrected chi connectivity index (χ2v) is 8.18. The van der Waals surface area contributed by atoms with Gasteiger partial charge in [-0.1, -0.05) is 44.2 Å². The molecule has 0 aliphatic carbocycles. The quantitative estimate of drug-likeness (QED) is 0.710. The van der Waals surface area contributed by atoms with E-state index in [-0.39, 0.29) is 5.91 Å². The molecule has 0 spiro atoms. The van der Waals surface area contributed by atoms with Crippen molar-refractivity contribution in [1.82, 2.24) is 25.5 Å². The number of hydrogen-bond donors (Lipinski definition) is 2. The minimum absolute atomic E-state index is 0.263. The van der Waals surface area contributed by atoms with Crippen LogP contribution in [0.5, 0.6) is 0 Å². The van der Waals surface area contributed by atoms with Crippen molar-refractivity contribution in [2.45, 2.75) is 39.7 Å². The number of hydrogen-bond acceptors (Lipinski definition) is 6. The Labute approximate surface area is 184 Å². The van der Waals surface area contributed by atoms with E-state index in [4.69, 9.17) is 4.98 Å². The lowest BCUT2D eigenvalue weighted by Gasteiger charge is -2.35. The largest absolute Gasteiger partial charge is 0.354 e. The van der Waals surface area contributed by atoms with E-state index in [1.165, 1.54) is 0 Å². The van der Waals surface area contributed by atoms with Gasteiger partial charge in [-0.2, -0.15) is 0 Å². The Morgan fingerprint density at radius 2 is 1.77 bits per heavy atom. The molecule has 31 heavy (non-hydrogen) atoms. The molecule has 0 saturated carbocycles. The summed E-state index contributed by atoms with van der Waals surface area (Å²) in [6.07, 6.45) is 0.295. The highest BCUT2D eigenvalue weighted by Crippen LogP contribution is 2.18. The molecule has 3 amide bonds. The highest BCUT2D eigenvalue weighted by Gasteiger charge is 2.20. The average Bonchev–Trinajstić information content (AvgIpc) is 2.77. The SMILES string of the molecule is Cc1cc(N2CCN(CCC(=O)NC(=O)NCc3ccccc3)CC2)nc(C(C)C)n1. The first kappa shape index (κ1) is 22.7. The molecule has 0 bridgehead atoms. The molecule has 2 N–H and O–H groups in total. The van der Waals surface area contributed by atoms with E-state index in [1.54, 1.807) is 0 Å². The van der Waals surface area contributed by atoms with Gasteiger partial charge >= 0.3 is 6.03 Å². The topological polar surface area (TPSA) is 90.5 Å². The summed E-state index contributed by atoms with van der Waals surface area (Å²) in [4.78, 5) is 37.8. The third kappa shape index (κ3) is 7.03. The van der Waals surface area contributed by atoms with E-state index in [9.17, 15) is 9.59 Å². The van der Waals surface area contributed by atoms with Crippen molar-refractivity contribution in [2.75, 3.05) is 37.6 Å². The summed E-state index contributed by atoms with van der Waals surface area (Å²) in [5.74, 6) is 1.88. The van der Waals surface area contributed by atoms with Crippen LogP contribution in [-0.2, 0) is 11.3 Å². The van der Waals surface area contributed by atoms with Crippen molar-refractivity contribution in [3.05, 3.63) is 53.5 Å². The standard InChI is InChI=1S/C23H32N6O2/c1-17(2)22-25-18(3)15-20(26-22)29-13-11-28(12-14-29)10-9-21(30)27-23(31)24-16-19-7-5-4-6-8-19/h4-8,15,17H,9-14,16H2,1-3H3,(H2,24,27,30,31). The van der Waals surface area contributed by atoms with E-state index < -0.39 is 6.03 Å². The van der Waals surface area contributed by atoms with E-state index >= 15 is 0 Å². The molecule has 3 rings (SSSR count). The number of anilines is 1.